The van der Waals surface area contributed by atoms with Crippen molar-refractivity contribution in [3.8, 4) is 0 Å². The first-order valence-corrected chi connectivity index (χ1v) is 5.58. The highest BCUT2D eigenvalue weighted by atomic mass is 79.9. The van der Waals surface area contributed by atoms with Gasteiger partial charge in [0.05, 0.1) is 6.10 Å². The van der Waals surface area contributed by atoms with E-state index in [-0.39, 0.29) is 11.8 Å². The maximum Gasteiger partial charge on any atom is 0.142 e. The zero-order valence-corrected chi connectivity index (χ0v) is 9.97. The van der Waals surface area contributed by atoms with E-state index in [2.05, 4.69) is 47.2 Å². The molecule has 76 valence electrons. The van der Waals surface area contributed by atoms with Gasteiger partial charge in [0.2, 0.25) is 0 Å². The quantitative estimate of drug-likeness (QED) is 0.834. The fourth-order valence-corrected chi connectivity index (χ4v) is 2.03. The predicted molar refractivity (Wildman–Crippen MR) is 60.0 cm³/mol. The Balaban J connectivity index is 2.26. The fraction of sp³-hybridized carbons (Fsp3) is 0.455. The van der Waals surface area contributed by atoms with Gasteiger partial charge in [0.1, 0.15) is 5.72 Å². The van der Waals surface area contributed by atoms with Crippen molar-refractivity contribution in [1.82, 2.24) is 5.32 Å². The van der Waals surface area contributed by atoms with Crippen LogP contribution in [0.5, 0.6) is 0 Å². The standard InChI is InChI=1S/C11H14BrNO/c1-8-7-13-11(2,14-8)9-3-5-10(12)6-4-9/h3-6,8,13H,7H2,1-2H3. The number of hydrogen-bond acceptors (Lipinski definition) is 2. The third-order valence-corrected chi connectivity index (χ3v) is 3.09. The van der Waals surface area contributed by atoms with Crippen molar-refractivity contribution < 1.29 is 4.74 Å². The van der Waals surface area contributed by atoms with E-state index in [4.69, 9.17) is 4.74 Å². The third kappa shape index (κ3) is 1.85. The van der Waals surface area contributed by atoms with Gasteiger partial charge < -0.3 is 4.74 Å². The molecule has 0 radical (unpaired) electrons. The average Bonchev–Trinajstić information content (AvgIpc) is 2.48. The summed E-state index contributed by atoms with van der Waals surface area (Å²) in [6.45, 7) is 5.06. The summed E-state index contributed by atoms with van der Waals surface area (Å²) in [5.74, 6) is 0. The first-order valence-electron chi connectivity index (χ1n) is 4.79. The van der Waals surface area contributed by atoms with Crippen molar-refractivity contribution in [2.75, 3.05) is 6.54 Å². The van der Waals surface area contributed by atoms with Crippen LogP contribution in [0.1, 0.15) is 19.4 Å². The Morgan fingerprint density at radius 1 is 1.43 bits per heavy atom. The minimum atomic E-state index is -0.319. The lowest BCUT2D eigenvalue weighted by molar-refractivity contribution is -0.0342. The molecule has 14 heavy (non-hydrogen) atoms. The summed E-state index contributed by atoms with van der Waals surface area (Å²) in [5, 5.41) is 3.38. The molecule has 0 amide bonds. The first-order chi connectivity index (χ1) is 6.60. The normalized spacial score (nSPS) is 32.1. The number of rotatable bonds is 1. The Kier molecular flexibility index (Phi) is 2.64. The van der Waals surface area contributed by atoms with Crippen LogP contribution in [0.15, 0.2) is 28.7 Å². The summed E-state index contributed by atoms with van der Waals surface area (Å²) in [5.41, 5.74) is 0.852. The maximum atomic E-state index is 5.85. The summed E-state index contributed by atoms with van der Waals surface area (Å²) in [6.07, 6.45) is 0.281. The summed E-state index contributed by atoms with van der Waals surface area (Å²) in [4.78, 5) is 0. The monoisotopic (exact) mass is 255 g/mol. The molecule has 1 aliphatic rings. The number of ether oxygens (including phenoxy) is 1. The van der Waals surface area contributed by atoms with Crippen LogP contribution in [0.2, 0.25) is 0 Å². The summed E-state index contributed by atoms with van der Waals surface area (Å²) in [7, 11) is 0. The van der Waals surface area contributed by atoms with E-state index < -0.39 is 0 Å². The Hall–Kier alpha value is -0.380. The SMILES string of the molecule is CC1CNC(C)(c2ccc(Br)cc2)O1. The molecular weight excluding hydrogens is 242 g/mol. The molecule has 1 saturated heterocycles. The molecule has 0 aliphatic carbocycles. The van der Waals surface area contributed by atoms with Gasteiger partial charge in [0.25, 0.3) is 0 Å². The molecule has 2 nitrogen and oxygen atoms in total. The Bertz CT molecular complexity index is 325. The van der Waals surface area contributed by atoms with Crippen molar-refractivity contribution in [3.05, 3.63) is 34.3 Å². The minimum absolute atomic E-state index is 0.281. The third-order valence-electron chi connectivity index (χ3n) is 2.56. The lowest BCUT2D eigenvalue weighted by atomic mass is 10.1. The van der Waals surface area contributed by atoms with Gasteiger partial charge in [-0.2, -0.15) is 0 Å². The van der Waals surface area contributed by atoms with Crippen LogP contribution in [0, 0.1) is 0 Å². The van der Waals surface area contributed by atoms with Gasteiger partial charge in [0.15, 0.2) is 0 Å². The van der Waals surface area contributed by atoms with Gasteiger partial charge in [-0.05, 0) is 31.5 Å². The number of halogens is 1. The lowest BCUT2D eigenvalue weighted by Crippen LogP contribution is -2.34. The van der Waals surface area contributed by atoms with Crippen LogP contribution < -0.4 is 5.32 Å². The number of benzene rings is 1. The molecule has 0 aromatic heterocycles. The van der Waals surface area contributed by atoms with Crippen molar-refractivity contribution in [2.24, 2.45) is 0 Å². The summed E-state index contributed by atoms with van der Waals surface area (Å²) in [6, 6.07) is 8.23. The molecule has 1 aliphatic heterocycles. The molecule has 2 rings (SSSR count). The highest BCUT2D eigenvalue weighted by Crippen LogP contribution is 2.28. The molecule has 1 aromatic carbocycles. The maximum absolute atomic E-state index is 5.85. The van der Waals surface area contributed by atoms with Gasteiger partial charge >= 0.3 is 0 Å². The molecule has 3 heteroatoms. The summed E-state index contributed by atoms with van der Waals surface area (Å²) >= 11 is 3.42. The molecule has 1 N–H and O–H groups in total. The van der Waals surface area contributed by atoms with E-state index in [0.29, 0.717) is 0 Å². The molecule has 2 atom stereocenters. The van der Waals surface area contributed by atoms with E-state index in [1.54, 1.807) is 0 Å². The van der Waals surface area contributed by atoms with E-state index in [0.717, 1.165) is 11.0 Å². The molecule has 0 bridgehead atoms. The van der Waals surface area contributed by atoms with E-state index >= 15 is 0 Å². The predicted octanol–water partition coefficient (Wildman–Crippen LogP) is 2.63. The van der Waals surface area contributed by atoms with Crippen LogP contribution in [-0.4, -0.2) is 12.6 Å². The van der Waals surface area contributed by atoms with Crippen LogP contribution >= 0.6 is 15.9 Å². The average molecular weight is 256 g/mol. The number of hydrogen-bond donors (Lipinski definition) is 1. The second-order valence-electron chi connectivity index (χ2n) is 3.85. The second kappa shape index (κ2) is 3.65. The largest absolute Gasteiger partial charge is 0.352 e. The molecule has 1 aromatic rings. The minimum Gasteiger partial charge on any atom is -0.352 e. The molecular formula is C11H14BrNO. The van der Waals surface area contributed by atoms with Gasteiger partial charge in [0, 0.05) is 11.0 Å². The van der Waals surface area contributed by atoms with Gasteiger partial charge in [-0.3, -0.25) is 5.32 Å². The lowest BCUT2D eigenvalue weighted by Gasteiger charge is -2.24. The van der Waals surface area contributed by atoms with Gasteiger partial charge in [-0.15, -0.1) is 0 Å². The topological polar surface area (TPSA) is 21.3 Å². The summed E-state index contributed by atoms with van der Waals surface area (Å²) < 4.78 is 6.94. The number of nitrogens with one attached hydrogen (secondary N) is 1. The van der Waals surface area contributed by atoms with E-state index in [1.807, 2.05) is 12.1 Å². The molecule has 2 unspecified atom stereocenters. The van der Waals surface area contributed by atoms with Crippen LogP contribution in [-0.2, 0) is 10.5 Å². The van der Waals surface area contributed by atoms with Crippen molar-refractivity contribution >= 4 is 15.9 Å². The van der Waals surface area contributed by atoms with Gasteiger partial charge in [-0.25, -0.2) is 0 Å². The first kappa shape index (κ1) is 10.1. The zero-order valence-electron chi connectivity index (χ0n) is 8.38. The van der Waals surface area contributed by atoms with Crippen LogP contribution in [0.3, 0.4) is 0 Å². The van der Waals surface area contributed by atoms with Crippen LogP contribution in [0.25, 0.3) is 0 Å². The molecule has 1 fully saturated rings. The smallest absolute Gasteiger partial charge is 0.142 e. The van der Waals surface area contributed by atoms with Crippen molar-refractivity contribution in [1.29, 1.82) is 0 Å². The highest BCUT2D eigenvalue weighted by molar-refractivity contribution is 9.10. The molecule has 0 spiro atoms. The highest BCUT2D eigenvalue weighted by Gasteiger charge is 2.34. The Morgan fingerprint density at radius 2 is 2.07 bits per heavy atom. The molecule has 1 heterocycles. The zero-order chi connectivity index (χ0) is 10.2. The van der Waals surface area contributed by atoms with Crippen molar-refractivity contribution in [3.63, 3.8) is 0 Å². The fourth-order valence-electron chi connectivity index (χ4n) is 1.76. The van der Waals surface area contributed by atoms with Crippen molar-refractivity contribution in [2.45, 2.75) is 25.7 Å². The Labute approximate surface area is 92.8 Å². The van der Waals surface area contributed by atoms with E-state index in [1.165, 1.54) is 5.56 Å². The Morgan fingerprint density at radius 3 is 2.57 bits per heavy atom. The van der Waals surface area contributed by atoms with Gasteiger partial charge in [-0.1, -0.05) is 28.1 Å². The second-order valence-corrected chi connectivity index (χ2v) is 4.77. The molecule has 0 saturated carbocycles. The van der Waals surface area contributed by atoms with Crippen LogP contribution in [0.4, 0.5) is 0 Å². The van der Waals surface area contributed by atoms with E-state index in [9.17, 15) is 0 Å².